The lowest BCUT2D eigenvalue weighted by Crippen LogP contribution is -2.15. The van der Waals surface area contributed by atoms with Gasteiger partial charge in [0.05, 0.1) is 10.6 Å². The number of hydrogen-bond donors (Lipinski definition) is 1. The van der Waals surface area contributed by atoms with E-state index in [4.69, 9.17) is 0 Å². The molecule has 3 nitrogen and oxygen atoms in total. The van der Waals surface area contributed by atoms with Gasteiger partial charge in [0.25, 0.3) is 0 Å². The number of anilines is 1. The standard InChI is InChI=1S/C16H27NO2S/c1-4-6-7-8-9-14(3)17-15-10-12-16(13-11-15)20(18,19)5-2/h10-14,17H,4-9H2,1-3H3. The summed E-state index contributed by atoms with van der Waals surface area (Å²) < 4.78 is 23.4. The van der Waals surface area contributed by atoms with Gasteiger partial charge >= 0.3 is 0 Å². The molecule has 1 atom stereocenters. The predicted molar refractivity (Wildman–Crippen MR) is 86.0 cm³/mol. The molecule has 1 aromatic carbocycles. The number of unbranched alkanes of at least 4 members (excludes halogenated alkanes) is 3. The summed E-state index contributed by atoms with van der Waals surface area (Å²) in [6, 6.07) is 7.49. The van der Waals surface area contributed by atoms with Crippen molar-refractivity contribution in [3.05, 3.63) is 24.3 Å². The average Bonchev–Trinajstić information content (AvgIpc) is 2.44. The highest BCUT2D eigenvalue weighted by Crippen LogP contribution is 2.17. The number of nitrogens with one attached hydrogen (secondary N) is 1. The van der Waals surface area contributed by atoms with E-state index in [-0.39, 0.29) is 5.75 Å². The minimum Gasteiger partial charge on any atom is -0.383 e. The molecule has 1 rings (SSSR count). The third-order valence-corrected chi connectivity index (χ3v) is 5.25. The molecule has 0 saturated heterocycles. The van der Waals surface area contributed by atoms with Crippen LogP contribution in [0.1, 0.15) is 52.9 Å². The maximum absolute atomic E-state index is 11.7. The topological polar surface area (TPSA) is 46.2 Å². The van der Waals surface area contributed by atoms with Gasteiger partial charge in [-0.1, -0.05) is 39.5 Å². The molecule has 1 unspecified atom stereocenters. The molecule has 0 spiro atoms. The van der Waals surface area contributed by atoms with Gasteiger partial charge in [0.15, 0.2) is 9.84 Å². The molecule has 0 amide bonds. The summed E-state index contributed by atoms with van der Waals surface area (Å²) in [7, 11) is -3.09. The second-order valence-electron chi connectivity index (χ2n) is 5.32. The lowest BCUT2D eigenvalue weighted by atomic mass is 10.1. The smallest absolute Gasteiger partial charge is 0.178 e. The Balaban J connectivity index is 2.49. The summed E-state index contributed by atoms with van der Waals surface area (Å²) in [5, 5.41) is 3.42. The molecule has 1 N–H and O–H groups in total. The highest BCUT2D eigenvalue weighted by atomic mass is 32.2. The Morgan fingerprint density at radius 2 is 1.70 bits per heavy atom. The largest absolute Gasteiger partial charge is 0.383 e. The van der Waals surface area contributed by atoms with Gasteiger partial charge < -0.3 is 5.32 Å². The van der Waals surface area contributed by atoms with Crippen molar-refractivity contribution in [3.63, 3.8) is 0 Å². The molecule has 0 saturated carbocycles. The summed E-state index contributed by atoms with van der Waals surface area (Å²) in [5.74, 6) is 0.146. The summed E-state index contributed by atoms with van der Waals surface area (Å²) >= 11 is 0. The number of benzene rings is 1. The molecule has 0 fully saturated rings. The summed E-state index contributed by atoms with van der Waals surface area (Å²) in [5.41, 5.74) is 0.989. The first-order valence-corrected chi connectivity index (χ1v) is 9.24. The van der Waals surface area contributed by atoms with Crippen LogP contribution < -0.4 is 5.32 Å². The fraction of sp³-hybridized carbons (Fsp3) is 0.625. The van der Waals surface area contributed by atoms with Gasteiger partial charge in [-0.3, -0.25) is 0 Å². The molecule has 20 heavy (non-hydrogen) atoms. The van der Waals surface area contributed by atoms with Crippen molar-refractivity contribution in [2.45, 2.75) is 63.8 Å². The summed E-state index contributed by atoms with van der Waals surface area (Å²) in [4.78, 5) is 0.404. The molecule has 0 aliphatic heterocycles. The third kappa shape index (κ3) is 5.53. The molecule has 0 aromatic heterocycles. The highest BCUT2D eigenvalue weighted by molar-refractivity contribution is 7.91. The van der Waals surface area contributed by atoms with Crippen LogP contribution >= 0.6 is 0 Å². The van der Waals surface area contributed by atoms with Crippen molar-refractivity contribution in [3.8, 4) is 0 Å². The fourth-order valence-electron chi connectivity index (χ4n) is 2.16. The van der Waals surface area contributed by atoms with Crippen LogP contribution in [0.15, 0.2) is 29.2 Å². The summed E-state index contributed by atoms with van der Waals surface area (Å²) in [6.45, 7) is 6.05. The Labute approximate surface area is 123 Å². The van der Waals surface area contributed by atoms with Gasteiger partial charge in [0.2, 0.25) is 0 Å². The second-order valence-corrected chi connectivity index (χ2v) is 7.60. The number of sulfone groups is 1. The number of hydrogen-bond acceptors (Lipinski definition) is 3. The van der Waals surface area contributed by atoms with Crippen molar-refractivity contribution in [2.24, 2.45) is 0 Å². The van der Waals surface area contributed by atoms with Crippen LogP contribution in [-0.4, -0.2) is 20.2 Å². The molecule has 0 bridgehead atoms. The SMILES string of the molecule is CCCCCCC(C)Nc1ccc(S(=O)(=O)CC)cc1. The maximum atomic E-state index is 11.7. The van der Waals surface area contributed by atoms with Crippen molar-refractivity contribution in [1.29, 1.82) is 0 Å². The van der Waals surface area contributed by atoms with Gasteiger partial charge in [0.1, 0.15) is 0 Å². The van der Waals surface area contributed by atoms with Crippen LogP contribution in [0.3, 0.4) is 0 Å². The normalized spacial score (nSPS) is 13.2. The first kappa shape index (κ1) is 17.0. The maximum Gasteiger partial charge on any atom is 0.178 e. The van der Waals surface area contributed by atoms with Crippen molar-refractivity contribution in [1.82, 2.24) is 0 Å². The Hall–Kier alpha value is -1.03. The first-order chi connectivity index (χ1) is 9.49. The Bertz CT molecular complexity index is 480. The van der Waals surface area contributed by atoms with E-state index in [1.165, 1.54) is 25.7 Å². The fourth-order valence-corrected chi connectivity index (χ4v) is 3.04. The van der Waals surface area contributed by atoms with Crippen molar-refractivity contribution >= 4 is 15.5 Å². The lowest BCUT2D eigenvalue weighted by molar-refractivity contribution is 0.594. The highest BCUT2D eigenvalue weighted by Gasteiger charge is 2.11. The van der Waals surface area contributed by atoms with Gasteiger partial charge in [0, 0.05) is 11.7 Å². The average molecular weight is 297 g/mol. The molecule has 1 aromatic rings. The van der Waals surface area contributed by atoms with E-state index in [2.05, 4.69) is 19.2 Å². The Morgan fingerprint density at radius 1 is 1.05 bits per heavy atom. The Kier molecular flexibility index (Phi) is 7.06. The van der Waals surface area contributed by atoms with Crippen LogP contribution in [0.25, 0.3) is 0 Å². The van der Waals surface area contributed by atoms with Crippen LogP contribution in [-0.2, 0) is 9.84 Å². The third-order valence-electron chi connectivity index (χ3n) is 3.50. The zero-order chi connectivity index (χ0) is 15.0. The van der Waals surface area contributed by atoms with Crippen LogP contribution in [0.5, 0.6) is 0 Å². The van der Waals surface area contributed by atoms with Crippen LogP contribution in [0.2, 0.25) is 0 Å². The van der Waals surface area contributed by atoms with Crippen LogP contribution in [0, 0.1) is 0 Å². The molecule has 0 aliphatic rings. The minimum atomic E-state index is -3.09. The molecule has 0 heterocycles. The predicted octanol–water partition coefficient (Wildman–Crippen LogP) is 4.25. The first-order valence-electron chi connectivity index (χ1n) is 7.59. The van der Waals surface area contributed by atoms with E-state index in [0.717, 1.165) is 12.1 Å². The van der Waals surface area contributed by atoms with E-state index in [1.54, 1.807) is 19.1 Å². The van der Waals surface area contributed by atoms with E-state index in [1.807, 2.05) is 12.1 Å². The van der Waals surface area contributed by atoms with Gasteiger partial charge in [-0.15, -0.1) is 0 Å². The molecule has 0 aliphatic carbocycles. The molecule has 114 valence electrons. The molecular formula is C16H27NO2S. The van der Waals surface area contributed by atoms with E-state index in [0.29, 0.717) is 10.9 Å². The number of rotatable bonds is 9. The van der Waals surface area contributed by atoms with Gasteiger partial charge in [-0.05, 0) is 37.6 Å². The van der Waals surface area contributed by atoms with E-state index in [9.17, 15) is 8.42 Å². The van der Waals surface area contributed by atoms with Gasteiger partial charge in [-0.25, -0.2) is 8.42 Å². The summed E-state index contributed by atoms with van der Waals surface area (Å²) in [6.07, 6.45) is 6.24. The van der Waals surface area contributed by atoms with E-state index < -0.39 is 9.84 Å². The minimum absolute atomic E-state index is 0.146. The quantitative estimate of drug-likeness (QED) is 0.693. The monoisotopic (exact) mass is 297 g/mol. The van der Waals surface area contributed by atoms with Crippen molar-refractivity contribution < 1.29 is 8.42 Å². The molecule has 0 radical (unpaired) electrons. The molecular weight excluding hydrogens is 270 g/mol. The van der Waals surface area contributed by atoms with Crippen molar-refractivity contribution in [2.75, 3.05) is 11.1 Å². The van der Waals surface area contributed by atoms with Crippen LogP contribution in [0.4, 0.5) is 5.69 Å². The zero-order valence-electron chi connectivity index (χ0n) is 12.9. The zero-order valence-corrected chi connectivity index (χ0v) is 13.7. The second kappa shape index (κ2) is 8.30. The Morgan fingerprint density at radius 3 is 2.25 bits per heavy atom. The lowest BCUT2D eigenvalue weighted by Gasteiger charge is -2.15. The van der Waals surface area contributed by atoms with E-state index >= 15 is 0 Å². The van der Waals surface area contributed by atoms with Gasteiger partial charge in [-0.2, -0.15) is 0 Å². The molecule has 4 heteroatoms.